The van der Waals surface area contributed by atoms with Crippen molar-refractivity contribution in [2.45, 2.75) is 32.2 Å². The Kier molecular flexibility index (Phi) is 8.56. The number of likely N-dealkylation sites (tertiary alicyclic amines) is 1. The van der Waals surface area contributed by atoms with Crippen LogP contribution in [0.25, 0.3) is 0 Å². The Bertz CT molecular complexity index is 913. The summed E-state index contributed by atoms with van der Waals surface area (Å²) < 4.78 is 20.4. The molecule has 0 radical (unpaired) electrons. The molecule has 0 bridgehead atoms. The summed E-state index contributed by atoms with van der Waals surface area (Å²) in [7, 11) is 2.62. The van der Waals surface area contributed by atoms with Crippen LogP contribution in [0.5, 0.6) is 11.5 Å². The van der Waals surface area contributed by atoms with Gasteiger partial charge < -0.3 is 23.8 Å². The minimum absolute atomic E-state index is 0.0353. The van der Waals surface area contributed by atoms with Gasteiger partial charge in [0.25, 0.3) is 11.6 Å². The van der Waals surface area contributed by atoms with E-state index in [4.69, 9.17) is 14.2 Å². The Hall–Kier alpha value is -3.63. The predicted molar refractivity (Wildman–Crippen MR) is 112 cm³/mol. The van der Waals surface area contributed by atoms with Crippen molar-refractivity contribution in [2.75, 3.05) is 34.0 Å². The van der Waals surface area contributed by atoms with E-state index in [0.29, 0.717) is 12.8 Å². The van der Waals surface area contributed by atoms with Gasteiger partial charge in [-0.2, -0.15) is 0 Å². The fourth-order valence-electron chi connectivity index (χ4n) is 3.28. The van der Waals surface area contributed by atoms with Crippen molar-refractivity contribution in [2.24, 2.45) is 0 Å². The zero-order valence-electron chi connectivity index (χ0n) is 18.3. The Labute approximate surface area is 185 Å². The van der Waals surface area contributed by atoms with Crippen LogP contribution in [0.1, 0.15) is 36.5 Å². The molecule has 174 valence electrons. The Morgan fingerprint density at radius 1 is 1.25 bits per heavy atom. The molecule has 1 amide bonds. The normalized spacial score (nSPS) is 15.3. The van der Waals surface area contributed by atoms with Crippen LogP contribution in [-0.2, 0) is 19.1 Å². The second-order valence-electron chi connectivity index (χ2n) is 7.15. The van der Waals surface area contributed by atoms with E-state index in [2.05, 4.69) is 11.3 Å². The maximum absolute atomic E-state index is 13.2. The number of amides is 1. The summed E-state index contributed by atoms with van der Waals surface area (Å²) in [5.74, 6) is -1.29. The molecular weight excluding hydrogens is 424 g/mol. The average Bonchev–Trinajstić information content (AvgIpc) is 3.14. The van der Waals surface area contributed by atoms with E-state index in [1.54, 1.807) is 0 Å². The molecule has 0 unspecified atom stereocenters. The van der Waals surface area contributed by atoms with E-state index in [9.17, 15) is 24.5 Å². The first-order valence-electron chi connectivity index (χ1n) is 9.84. The topological polar surface area (TPSA) is 135 Å². The highest BCUT2D eigenvalue weighted by atomic mass is 16.6. The smallest absolute Gasteiger partial charge is 0.305 e. The second-order valence-corrected chi connectivity index (χ2v) is 7.15. The van der Waals surface area contributed by atoms with E-state index < -0.39 is 34.5 Å². The van der Waals surface area contributed by atoms with Crippen LogP contribution in [0.4, 0.5) is 5.69 Å². The molecule has 1 atom stereocenters. The van der Waals surface area contributed by atoms with Crippen LogP contribution in [0.2, 0.25) is 0 Å². The quantitative estimate of drug-likeness (QED) is 0.173. The molecule has 11 heteroatoms. The zero-order chi connectivity index (χ0) is 23.8. The van der Waals surface area contributed by atoms with Gasteiger partial charge in [-0.3, -0.25) is 24.5 Å². The summed E-state index contributed by atoms with van der Waals surface area (Å²) in [4.78, 5) is 48.0. The number of methoxy groups -OCH3 is 2. The summed E-state index contributed by atoms with van der Waals surface area (Å²) in [6.45, 7) is 5.38. The number of esters is 2. The van der Waals surface area contributed by atoms with E-state index in [1.165, 1.54) is 32.1 Å². The van der Waals surface area contributed by atoms with Gasteiger partial charge in [-0.25, -0.2) is 0 Å². The lowest BCUT2D eigenvalue weighted by Crippen LogP contribution is -2.39. The minimum atomic E-state index is -0.681. The van der Waals surface area contributed by atoms with Crippen molar-refractivity contribution in [3.8, 4) is 11.5 Å². The van der Waals surface area contributed by atoms with Gasteiger partial charge in [-0.05, 0) is 12.8 Å². The standard InChI is InChI=1S/C21H26N2O9/c1-13-8-15(12-32-14(2)24)22(11-13)21(26)16-9-18(29-3)19(10-17(16)23(27)28)31-7-5-6-20(25)30-4/h9-10,15H,1,5-8,11-12H2,2-4H3/t15-/m0/s1. The molecule has 32 heavy (non-hydrogen) atoms. The number of benzene rings is 1. The molecule has 1 aromatic rings. The van der Waals surface area contributed by atoms with Gasteiger partial charge >= 0.3 is 11.9 Å². The summed E-state index contributed by atoms with van der Waals surface area (Å²) in [6, 6.07) is 1.90. The van der Waals surface area contributed by atoms with Crippen LogP contribution in [0, 0.1) is 10.1 Å². The molecule has 0 spiro atoms. The third-order valence-corrected chi connectivity index (χ3v) is 4.82. The number of nitrogens with zero attached hydrogens (tertiary/aromatic N) is 2. The van der Waals surface area contributed by atoms with Crippen molar-refractivity contribution in [3.05, 3.63) is 40.0 Å². The summed E-state index contributed by atoms with van der Waals surface area (Å²) >= 11 is 0. The maximum atomic E-state index is 13.2. The highest BCUT2D eigenvalue weighted by molar-refractivity contribution is 5.99. The van der Waals surface area contributed by atoms with E-state index in [-0.39, 0.29) is 43.2 Å². The average molecular weight is 450 g/mol. The number of nitro groups is 1. The maximum Gasteiger partial charge on any atom is 0.305 e. The number of nitro benzene ring substituents is 1. The lowest BCUT2D eigenvalue weighted by Gasteiger charge is -2.24. The zero-order valence-corrected chi connectivity index (χ0v) is 18.3. The van der Waals surface area contributed by atoms with Gasteiger partial charge in [0.05, 0.1) is 37.9 Å². The van der Waals surface area contributed by atoms with Crippen molar-refractivity contribution in [3.63, 3.8) is 0 Å². The van der Waals surface area contributed by atoms with Crippen molar-refractivity contribution < 1.29 is 38.3 Å². The molecule has 11 nitrogen and oxygen atoms in total. The fraction of sp³-hybridized carbons (Fsp3) is 0.476. The third kappa shape index (κ3) is 6.19. The Morgan fingerprint density at radius 3 is 2.56 bits per heavy atom. The van der Waals surface area contributed by atoms with Crippen molar-refractivity contribution >= 4 is 23.5 Å². The number of hydrogen-bond donors (Lipinski definition) is 0. The third-order valence-electron chi connectivity index (χ3n) is 4.82. The van der Waals surface area contributed by atoms with Crippen LogP contribution < -0.4 is 9.47 Å². The SMILES string of the molecule is C=C1C[C@@H](COC(C)=O)N(C(=O)c2cc(OC)c(OCCCC(=O)OC)cc2[N+](=O)[O-])C1. The lowest BCUT2D eigenvalue weighted by molar-refractivity contribution is -0.385. The molecule has 1 heterocycles. The first-order chi connectivity index (χ1) is 15.2. The molecule has 1 aliphatic rings. The lowest BCUT2D eigenvalue weighted by atomic mass is 10.1. The number of hydrogen-bond acceptors (Lipinski definition) is 9. The minimum Gasteiger partial charge on any atom is -0.493 e. The van der Waals surface area contributed by atoms with Crippen LogP contribution in [0.15, 0.2) is 24.3 Å². The number of rotatable bonds is 10. The molecule has 1 saturated heterocycles. The first-order valence-corrected chi connectivity index (χ1v) is 9.84. The van der Waals surface area contributed by atoms with Crippen molar-refractivity contribution in [1.82, 2.24) is 4.90 Å². The van der Waals surface area contributed by atoms with E-state index in [1.807, 2.05) is 0 Å². The molecular formula is C21H26N2O9. The largest absolute Gasteiger partial charge is 0.493 e. The summed E-state index contributed by atoms with van der Waals surface area (Å²) in [5.41, 5.74) is 0.106. The van der Waals surface area contributed by atoms with Gasteiger partial charge in [0.1, 0.15) is 12.2 Å². The molecule has 0 N–H and O–H groups in total. The van der Waals surface area contributed by atoms with Gasteiger partial charge in [0.2, 0.25) is 0 Å². The molecule has 1 aliphatic heterocycles. The summed E-state index contributed by atoms with van der Waals surface area (Å²) in [5, 5.41) is 11.7. The first kappa shape index (κ1) is 24.6. The molecule has 0 aromatic heterocycles. The summed E-state index contributed by atoms with van der Waals surface area (Å²) in [6.07, 6.45) is 0.878. The van der Waals surface area contributed by atoms with Crippen LogP contribution in [-0.4, -0.2) is 67.7 Å². The van der Waals surface area contributed by atoms with Gasteiger partial charge in [0, 0.05) is 26.0 Å². The molecule has 2 rings (SSSR count). The monoisotopic (exact) mass is 450 g/mol. The molecule has 0 aliphatic carbocycles. The number of ether oxygens (including phenoxy) is 4. The highest BCUT2D eigenvalue weighted by Gasteiger charge is 2.36. The predicted octanol–water partition coefficient (Wildman–Crippen LogP) is 2.27. The van der Waals surface area contributed by atoms with E-state index in [0.717, 1.165) is 11.6 Å². The number of carbonyl (C=O) groups is 3. The van der Waals surface area contributed by atoms with Gasteiger partial charge in [-0.1, -0.05) is 12.2 Å². The van der Waals surface area contributed by atoms with Gasteiger partial charge in [0.15, 0.2) is 11.5 Å². The number of carbonyl (C=O) groups excluding carboxylic acids is 3. The Morgan fingerprint density at radius 2 is 1.97 bits per heavy atom. The molecule has 1 fully saturated rings. The van der Waals surface area contributed by atoms with Crippen molar-refractivity contribution in [1.29, 1.82) is 0 Å². The van der Waals surface area contributed by atoms with Gasteiger partial charge in [-0.15, -0.1) is 0 Å². The Balaban J connectivity index is 2.28. The van der Waals surface area contributed by atoms with Crippen LogP contribution in [0.3, 0.4) is 0 Å². The molecule has 0 saturated carbocycles. The van der Waals surface area contributed by atoms with Crippen LogP contribution >= 0.6 is 0 Å². The second kappa shape index (κ2) is 11.1. The fourth-order valence-corrected chi connectivity index (χ4v) is 3.28. The van der Waals surface area contributed by atoms with E-state index >= 15 is 0 Å². The molecule has 1 aromatic carbocycles. The highest BCUT2D eigenvalue weighted by Crippen LogP contribution is 2.36.